The molecule has 0 radical (unpaired) electrons. The van der Waals surface area contributed by atoms with Crippen LogP contribution in [0.15, 0.2) is 72.8 Å². The van der Waals surface area contributed by atoms with Gasteiger partial charge in [-0.1, -0.05) is 60.7 Å². The third kappa shape index (κ3) is 3.06. The van der Waals surface area contributed by atoms with E-state index in [1.807, 2.05) is 12.1 Å². The van der Waals surface area contributed by atoms with E-state index in [1.165, 1.54) is 27.8 Å². The van der Waals surface area contributed by atoms with Gasteiger partial charge in [0, 0.05) is 6.04 Å². The van der Waals surface area contributed by atoms with Gasteiger partial charge in [-0.25, -0.2) is 0 Å². The molecule has 1 unspecified atom stereocenters. The summed E-state index contributed by atoms with van der Waals surface area (Å²) < 4.78 is 5.24. The van der Waals surface area contributed by atoms with Crippen LogP contribution < -0.4 is 10.1 Å². The van der Waals surface area contributed by atoms with Crippen LogP contribution in [0.2, 0.25) is 0 Å². The summed E-state index contributed by atoms with van der Waals surface area (Å²) in [5.74, 6) is 0.906. The molecule has 0 aromatic heterocycles. The lowest BCUT2D eigenvalue weighted by molar-refractivity contribution is 0.414. The van der Waals surface area contributed by atoms with Gasteiger partial charge in [0.2, 0.25) is 0 Å². The Balaban J connectivity index is 1.55. The number of nitrogens with one attached hydrogen (secondary N) is 1. The molecule has 0 saturated heterocycles. The summed E-state index contributed by atoms with van der Waals surface area (Å²) in [6, 6.07) is 26.4. The zero-order valence-corrected chi connectivity index (χ0v) is 14.7. The first-order valence-corrected chi connectivity index (χ1v) is 8.83. The van der Waals surface area contributed by atoms with E-state index >= 15 is 0 Å². The maximum atomic E-state index is 5.24. The van der Waals surface area contributed by atoms with Crippen molar-refractivity contribution in [2.75, 3.05) is 7.11 Å². The maximum absolute atomic E-state index is 5.24. The average molecular weight is 329 g/mol. The molecule has 2 nitrogen and oxygen atoms in total. The standard InChI is InChI=1S/C23H23NO/c1-16(15-17-11-13-18(25-2)14-12-17)24-23-21-9-5-3-7-19(21)20-8-4-6-10-22(20)23/h3-14,16,23-24H,15H2,1-2H3. The van der Waals surface area contributed by atoms with E-state index in [2.05, 4.69) is 72.9 Å². The van der Waals surface area contributed by atoms with Gasteiger partial charge >= 0.3 is 0 Å². The first kappa shape index (κ1) is 15.9. The summed E-state index contributed by atoms with van der Waals surface area (Å²) in [4.78, 5) is 0. The van der Waals surface area contributed by atoms with E-state index in [-0.39, 0.29) is 6.04 Å². The summed E-state index contributed by atoms with van der Waals surface area (Å²) >= 11 is 0. The Morgan fingerprint density at radius 1 is 0.840 bits per heavy atom. The Kier molecular flexibility index (Phi) is 4.29. The van der Waals surface area contributed by atoms with Gasteiger partial charge in [-0.15, -0.1) is 0 Å². The van der Waals surface area contributed by atoms with Crippen molar-refractivity contribution in [3.63, 3.8) is 0 Å². The van der Waals surface area contributed by atoms with Crippen LogP contribution in [0.1, 0.15) is 29.7 Å². The van der Waals surface area contributed by atoms with E-state index in [0.29, 0.717) is 6.04 Å². The summed E-state index contributed by atoms with van der Waals surface area (Å²) in [5.41, 5.74) is 6.79. The Labute approximate surface area is 149 Å². The molecule has 0 aliphatic heterocycles. The van der Waals surface area contributed by atoms with E-state index in [0.717, 1.165) is 12.2 Å². The molecule has 0 amide bonds. The number of rotatable bonds is 5. The lowest BCUT2D eigenvalue weighted by Crippen LogP contribution is -2.31. The quantitative estimate of drug-likeness (QED) is 0.712. The Morgan fingerprint density at radius 2 is 1.40 bits per heavy atom. The average Bonchev–Trinajstić information content (AvgIpc) is 2.97. The largest absolute Gasteiger partial charge is 0.497 e. The number of hydrogen-bond acceptors (Lipinski definition) is 2. The van der Waals surface area contributed by atoms with Crippen molar-refractivity contribution < 1.29 is 4.74 Å². The molecule has 1 aliphatic rings. The summed E-state index contributed by atoms with van der Waals surface area (Å²) in [5, 5.41) is 3.84. The highest BCUT2D eigenvalue weighted by molar-refractivity contribution is 5.78. The summed E-state index contributed by atoms with van der Waals surface area (Å²) in [6.45, 7) is 2.26. The van der Waals surface area contributed by atoms with Crippen LogP contribution in [-0.4, -0.2) is 13.2 Å². The number of hydrogen-bond donors (Lipinski definition) is 1. The van der Waals surface area contributed by atoms with Gasteiger partial charge in [0.25, 0.3) is 0 Å². The molecule has 0 heterocycles. The van der Waals surface area contributed by atoms with E-state index in [9.17, 15) is 0 Å². The van der Waals surface area contributed by atoms with E-state index < -0.39 is 0 Å². The van der Waals surface area contributed by atoms with Crippen molar-refractivity contribution in [3.8, 4) is 16.9 Å². The molecule has 0 bridgehead atoms. The Morgan fingerprint density at radius 3 is 1.96 bits per heavy atom. The van der Waals surface area contributed by atoms with Gasteiger partial charge in [0.15, 0.2) is 0 Å². The maximum Gasteiger partial charge on any atom is 0.118 e. The predicted octanol–water partition coefficient (Wildman–Crippen LogP) is 4.99. The minimum absolute atomic E-state index is 0.264. The molecule has 1 aliphatic carbocycles. The summed E-state index contributed by atoms with van der Waals surface area (Å²) in [7, 11) is 1.70. The van der Waals surface area contributed by atoms with Gasteiger partial charge in [-0.05, 0) is 53.3 Å². The zero-order chi connectivity index (χ0) is 17.2. The van der Waals surface area contributed by atoms with Crippen LogP contribution in [0.3, 0.4) is 0 Å². The first-order valence-electron chi connectivity index (χ1n) is 8.83. The molecular formula is C23H23NO. The fourth-order valence-electron chi connectivity index (χ4n) is 3.79. The van der Waals surface area contributed by atoms with Gasteiger partial charge in [-0.2, -0.15) is 0 Å². The van der Waals surface area contributed by atoms with Gasteiger partial charge < -0.3 is 10.1 Å². The molecule has 3 aromatic carbocycles. The molecule has 2 heteroatoms. The topological polar surface area (TPSA) is 21.3 Å². The van der Waals surface area contributed by atoms with Crippen molar-refractivity contribution in [1.82, 2.24) is 5.32 Å². The van der Waals surface area contributed by atoms with Gasteiger partial charge in [0.05, 0.1) is 13.2 Å². The lowest BCUT2D eigenvalue weighted by atomic mass is 10.0. The van der Waals surface area contributed by atoms with Crippen molar-refractivity contribution in [2.45, 2.75) is 25.4 Å². The normalized spacial score (nSPS) is 14.0. The van der Waals surface area contributed by atoms with Gasteiger partial charge in [-0.3, -0.25) is 0 Å². The highest BCUT2D eigenvalue weighted by Crippen LogP contribution is 2.43. The number of ether oxygens (including phenoxy) is 1. The molecule has 0 saturated carbocycles. The molecule has 25 heavy (non-hydrogen) atoms. The molecule has 126 valence electrons. The van der Waals surface area contributed by atoms with Crippen molar-refractivity contribution in [2.24, 2.45) is 0 Å². The Bertz CT molecular complexity index is 824. The van der Waals surface area contributed by atoms with Crippen LogP contribution in [0.4, 0.5) is 0 Å². The molecule has 0 fully saturated rings. The highest BCUT2D eigenvalue weighted by Gasteiger charge is 2.28. The fourth-order valence-corrected chi connectivity index (χ4v) is 3.79. The van der Waals surface area contributed by atoms with Crippen LogP contribution in [0.25, 0.3) is 11.1 Å². The number of methoxy groups -OCH3 is 1. The minimum atomic E-state index is 0.264. The monoisotopic (exact) mass is 329 g/mol. The molecule has 1 N–H and O–H groups in total. The smallest absolute Gasteiger partial charge is 0.118 e. The second kappa shape index (κ2) is 6.73. The van der Waals surface area contributed by atoms with Crippen molar-refractivity contribution >= 4 is 0 Å². The molecule has 3 aromatic rings. The minimum Gasteiger partial charge on any atom is -0.497 e. The van der Waals surface area contributed by atoms with Crippen molar-refractivity contribution in [3.05, 3.63) is 89.5 Å². The Hall–Kier alpha value is -2.58. The molecule has 1 atom stereocenters. The van der Waals surface area contributed by atoms with E-state index in [1.54, 1.807) is 7.11 Å². The van der Waals surface area contributed by atoms with Crippen molar-refractivity contribution in [1.29, 1.82) is 0 Å². The third-order valence-corrected chi connectivity index (χ3v) is 4.99. The number of fused-ring (bicyclic) bond motifs is 3. The number of benzene rings is 3. The first-order chi connectivity index (χ1) is 12.3. The van der Waals surface area contributed by atoms with Crippen LogP contribution in [-0.2, 0) is 6.42 Å². The second-order valence-corrected chi connectivity index (χ2v) is 6.73. The van der Waals surface area contributed by atoms with Crippen LogP contribution >= 0.6 is 0 Å². The molecular weight excluding hydrogens is 306 g/mol. The summed E-state index contributed by atoms with van der Waals surface area (Å²) in [6.07, 6.45) is 0.991. The predicted molar refractivity (Wildman–Crippen MR) is 103 cm³/mol. The molecule has 4 rings (SSSR count). The highest BCUT2D eigenvalue weighted by atomic mass is 16.5. The van der Waals surface area contributed by atoms with Crippen LogP contribution in [0.5, 0.6) is 5.75 Å². The molecule has 0 spiro atoms. The van der Waals surface area contributed by atoms with Crippen LogP contribution in [0, 0.1) is 0 Å². The van der Waals surface area contributed by atoms with E-state index in [4.69, 9.17) is 4.74 Å². The SMILES string of the molecule is COc1ccc(CC(C)NC2c3ccccc3-c3ccccc32)cc1. The zero-order valence-electron chi connectivity index (χ0n) is 14.7. The van der Waals surface area contributed by atoms with Gasteiger partial charge in [0.1, 0.15) is 5.75 Å². The fraction of sp³-hybridized carbons (Fsp3) is 0.217. The second-order valence-electron chi connectivity index (χ2n) is 6.73. The third-order valence-electron chi connectivity index (χ3n) is 4.99. The lowest BCUT2D eigenvalue weighted by Gasteiger charge is -2.22.